The Balaban J connectivity index is 2.39. The molecule has 0 fully saturated rings. The van der Waals surface area contributed by atoms with E-state index in [1.165, 1.54) is 12.1 Å². The Morgan fingerprint density at radius 1 is 1.29 bits per heavy atom. The van der Waals surface area contributed by atoms with Crippen LogP contribution in [-0.2, 0) is 11.3 Å². The van der Waals surface area contributed by atoms with Gasteiger partial charge in [0.1, 0.15) is 0 Å². The molecule has 0 aliphatic rings. The van der Waals surface area contributed by atoms with E-state index in [-0.39, 0.29) is 18.8 Å². The summed E-state index contributed by atoms with van der Waals surface area (Å²) in [7, 11) is 0. The Kier molecular flexibility index (Phi) is 6.12. The molecule has 1 aromatic carbocycles. The topological polar surface area (TPSA) is 122 Å². The molecule has 1 atom stereocenters. The number of urea groups is 1. The normalized spacial score (nSPS) is 11.5. The number of nitrogens with one attached hydrogen (secondary N) is 2. The van der Waals surface area contributed by atoms with Gasteiger partial charge in [0.25, 0.3) is 5.69 Å². The van der Waals surface area contributed by atoms with Gasteiger partial charge in [-0.2, -0.15) is 0 Å². The number of nitrogens with zero attached hydrogens (tertiary/aromatic N) is 1. The quantitative estimate of drug-likeness (QED) is 0.520. The lowest BCUT2D eigenvalue weighted by Crippen LogP contribution is -2.39. The van der Waals surface area contributed by atoms with Crippen LogP contribution < -0.4 is 10.6 Å². The van der Waals surface area contributed by atoms with Crippen molar-refractivity contribution >= 4 is 17.7 Å². The molecule has 0 bridgehead atoms. The molecule has 0 aromatic heterocycles. The second kappa shape index (κ2) is 7.83. The van der Waals surface area contributed by atoms with Gasteiger partial charge in [0.05, 0.1) is 10.8 Å². The fourth-order valence-corrected chi connectivity index (χ4v) is 1.60. The van der Waals surface area contributed by atoms with Crippen LogP contribution in [-0.4, -0.2) is 28.6 Å². The third kappa shape index (κ3) is 5.47. The smallest absolute Gasteiger partial charge is 0.315 e. The van der Waals surface area contributed by atoms with Crippen molar-refractivity contribution in [1.82, 2.24) is 10.6 Å². The zero-order chi connectivity index (χ0) is 15.8. The standard InChI is InChI=1S/C13H17N3O5/c1-2-10(12(17)18)8-15-13(19)14-7-9-3-5-11(6-4-9)16(20)21/h3-6,10H,2,7-8H2,1H3,(H,17,18)(H2,14,15,19). The second-order valence-electron chi connectivity index (χ2n) is 4.43. The molecule has 2 amide bonds. The lowest BCUT2D eigenvalue weighted by molar-refractivity contribution is -0.384. The van der Waals surface area contributed by atoms with E-state index >= 15 is 0 Å². The number of carbonyl (C=O) groups is 2. The van der Waals surface area contributed by atoms with Gasteiger partial charge in [0, 0.05) is 25.2 Å². The third-order valence-electron chi connectivity index (χ3n) is 2.95. The van der Waals surface area contributed by atoms with E-state index in [4.69, 9.17) is 5.11 Å². The molecule has 21 heavy (non-hydrogen) atoms. The molecule has 0 heterocycles. The lowest BCUT2D eigenvalue weighted by Gasteiger charge is -2.12. The number of non-ortho nitro benzene ring substituents is 1. The average Bonchev–Trinajstić information content (AvgIpc) is 2.45. The molecule has 0 aliphatic carbocycles. The van der Waals surface area contributed by atoms with Crippen molar-refractivity contribution < 1.29 is 19.6 Å². The van der Waals surface area contributed by atoms with Gasteiger partial charge < -0.3 is 15.7 Å². The maximum absolute atomic E-state index is 11.5. The number of hydrogen-bond acceptors (Lipinski definition) is 4. The molecule has 0 saturated heterocycles. The van der Waals surface area contributed by atoms with Gasteiger partial charge in [0.2, 0.25) is 0 Å². The van der Waals surface area contributed by atoms with Crippen molar-refractivity contribution in [1.29, 1.82) is 0 Å². The molecule has 0 radical (unpaired) electrons. The fraction of sp³-hybridized carbons (Fsp3) is 0.385. The van der Waals surface area contributed by atoms with Gasteiger partial charge in [-0.25, -0.2) is 4.79 Å². The number of hydrogen-bond donors (Lipinski definition) is 3. The molecule has 1 aromatic rings. The number of nitro benzene ring substituents is 1. The van der Waals surface area contributed by atoms with Crippen LogP contribution in [0.1, 0.15) is 18.9 Å². The molecular formula is C13H17N3O5. The summed E-state index contributed by atoms with van der Waals surface area (Å²) >= 11 is 0. The Labute approximate surface area is 121 Å². The first kappa shape index (κ1) is 16.4. The number of rotatable bonds is 7. The zero-order valence-corrected chi connectivity index (χ0v) is 11.5. The van der Waals surface area contributed by atoms with E-state index in [9.17, 15) is 19.7 Å². The third-order valence-corrected chi connectivity index (χ3v) is 2.95. The van der Waals surface area contributed by atoms with Gasteiger partial charge in [-0.15, -0.1) is 0 Å². The van der Waals surface area contributed by atoms with E-state index in [2.05, 4.69) is 10.6 Å². The van der Waals surface area contributed by atoms with Crippen molar-refractivity contribution in [3.05, 3.63) is 39.9 Å². The summed E-state index contributed by atoms with van der Waals surface area (Å²) in [5.74, 6) is -1.57. The first-order valence-electron chi connectivity index (χ1n) is 6.41. The summed E-state index contributed by atoms with van der Waals surface area (Å²) in [6.45, 7) is 1.99. The summed E-state index contributed by atoms with van der Waals surface area (Å²) < 4.78 is 0. The molecule has 114 valence electrons. The highest BCUT2D eigenvalue weighted by Crippen LogP contribution is 2.11. The summed E-state index contributed by atoms with van der Waals surface area (Å²) in [4.78, 5) is 32.3. The molecule has 3 N–H and O–H groups in total. The van der Waals surface area contributed by atoms with E-state index in [0.29, 0.717) is 12.0 Å². The minimum atomic E-state index is -0.951. The number of amides is 2. The largest absolute Gasteiger partial charge is 0.481 e. The Morgan fingerprint density at radius 2 is 1.90 bits per heavy atom. The number of nitro groups is 1. The van der Waals surface area contributed by atoms with Gasteiger partial charge in [-0.1, -0.05) is 19.1 Å². The van der Waals surface area contributed by atoms with Gasteiger partial charge in [0.15, 0.2) is 0 Å². The molecule has 1 rings (SSSR count). The van der Waals surface area contributed by atoms with Crippen molar-refractivity contribution in [3.63, 3.8) is 0 Å². The van der Waals surface area contributed by atoms with Crippen LogP contribution >= 0.6 is 0 Å². The summed E-state index contributed by atoms with van der Waals surface area (Å²) in [5, 5.41) is 24.4. The number of carboxylic acids is 1. The maximum Gasteiger partial charge on any atom is 0.315 e. The van der Waals surface area contributed by atoms with Crippen LogP contribution in [0, 0.1) is 16.0 Å². The Bertz CT molecular complexity index is 515. The van der Waals surface area contributed by atoms with E-state index in [1.54, 1.807) is 19.1 Å². The van der Waals surface area contributed by atoms with Crippen LogP contribution in [0.15, 0.2) is 24.3 Å². The van der Waals surface area contributed by atoms with Crippen LogP contribution in [0.5, 0.6) is 0 Å². The number of aliphatic carboxylic acids is 1. The minimum absolute atomic E-state index is 0.0181. The van der Waals surface area contributed by atoms with E-state index in [0.717, 1.165) is 0 Å². The lowest BCUT2D eigenvalue weighted by atomic mass is 10.1. The second-order valence-corrected chi connectivity index (χ2v) is 4.43. The van der Waals surface area contributed by atoms with Crippen molar-refractivity contribution in [2.24, 2.45) is 5.92 Å². The fourth-order valence-electron chi connectivity index (χ4n) is 1.60. The summed E-state index contributed by atoms with van der Waals surface area (Å²) in [6.07, 6.45) is 0.429. The highest BCUT2D eigenvalue weighted by Gasteiger charge is 2.15. The molecule has 8 heteroatoms. The minimum Gasteiger partial charge on any atom is -0.481 e. The molecule has 1 unspecified atom stereocenters. The Hall–Kier alpha value is -2.64. The van der Waals surface area contributed by atoms with Crippen LogP contribution in [0.3, 0.4) is 0 Å². The number of carbonyl (C=O) groups excluding carboxylic acids is 1. The predicted molar refractivity (Wildman–Crippen MR) is 74.8 cm³/mol. The maximum atomic E-state index is 11.5. The number of benzene rings is 1. The van der Waals surface area contributed by atoms with Crippen molar-refractivity contribution in [3.8, 4) is 0 Å². The monoisotopic (exact) mass is 295 g/mol. The molecule has 8 nitrogen and oxygen atoms in total. The predicted octanol–water partition coefficient (Wildman–Crippen LogP) is 1.50. The van der Waals surface area contributed by atoms with E-state index in [1.807, 2.05) is 0 Å². The Morgan fingerprint density at radius 3 is 2.38 bits per heavy atom. The summed E-state index contributed by atoms with van der Waals surface area (Å²) in [6, 6.07) is 5.32. The molecule has 0 saturated carbocycles. The molecule has 0 spiro atoms. The first-order chi connectivity index (χ1) is 9.93. The highest BCUT2D eigenvalue weighted by molar-refractivity contribution is 5.75. The van der Waals surface area contributed by atoms with Crippen LogP contribution in [0.2, 0.25) is 0 Å². The number of carboxylic acid groups (broad SMARTS) is 1. The highest BCUT2D eigenvalue weighted by atomic mass is 16.6. The average molecular weight is 295 g/mol. The molecule has 0 aliphatic heterocycles. The van der Waals surface area contributed by atoms with Gasteiger partial charge in [-0.05, 0) is 12.0 Å². The van der Waals surface area contributed by atoms with Crippen molar-refractivity contribution in [2.75, 3.05) is 6.54 Å². The van der Waals surface area contributed by atoms with Crippen molar-refractivity contribution in [2.45, 2.75) is 19.9 Å². The van der Waals surface area contributed by atoms with Crippen LogP contribution in [0.25, 0.3) is 0 Å². The van der Waals surface area contributed by atoms with Gasteiger partial charge in [-0.3, -0.25) is 14.9 Å². The summed E-state index contributed by atoms with van der Waals surface area (Å²) in [5.41, 5.74) is 0.691. The molecular weight excluding hydrogens is 278 g/mol. The first-order valence-corrected chi connectivity index (χ1v) is 6.41. The van der Waals surface area contributed by atoms with Gasteiger partial charge >= 0.3 is 12.0 Å². The van der Waals surface area contributed by atoms with E-state index < -0.39 is 22.8 Å². The van der Waals surface area contributed by atoms with Crippen LogP contribution in [0.4, 0.5) is 10.5 Å². The zero-order valence-electron chi connectivity index (χ0n) is 11.5. The SMILES string of the molecule is CCC(CNC(=O)NCc1ccc([N+](=O)[O-])cc1)C(=O)O.